The third-order valence-electron chi connectivity index (χ3n) is 6.36. The van der Waals surface area contributed by atoms with Crippen molar-refractivity contribution in [3.63, 3.8) is 0 Å². The van der Waals surface area contributed by atoms with Crippen molar-refractivity contribution in [2.24, 2.45) is 5.41 Å². The molecule has 1 N–H and O–H groups in total. The van der Waals surface area contributed by atoms with Crippen LogP contribution in [0, 0.1) is 5.41 Å². The number of nitrogens with zero attached hydrogens (tertiary/aromatic N) is 3. The van der Waals surface area contributed by atoms with Gasteiger partial charge < -0.3 is 14.8 Å². The molecule has 140 valence electrons. The molecule has 0 aromatic carbocycles. The van der Waals surface area contributed by atoms with E-state index < -0.39 is 5.56 Å². The minimum Gasteiger partial charge on any atom is -0.339 e. The smallest absolute Gasteiger partial charge is 0.263 e. The van der Waals surface area contributed by atoms with E-state index in [4.69, 9.17) is 0 Å². The van der Waals surface area contributed by atoms with Gasteiger partial charge in [-0.3, -0.25) is 14.4 Å². The SMILES string of the molecule is O=C(c1cnc[nH]c1=O)N1CCC[C@]2(CCC(=O)N(C3CCCC3)C2)C1. The summed E-state index contributed by atoms with van der Waals surface area (Å²) in [4.78, 5) is 47.5. The standard InChI is InChI=1S/C19H26N4O3/c24-16-6-8-19(12-23(16)14-4-1-2-5-14)7-3-9-22(11-19)18(26)15-10-20-13-21-17(15)25/h10,13-14H,1-9,11-12H2,(H,20,21,25)/t19-/m0/s1. The van der Waals surface area contributed by atoms with Crippen LogP contribution < -0.4 is 5.56 Å². The Balaban J connectivity index is 1.52. The summed E-state index contributed by atoms with van der Waals surface area (Å²) in [6.45, 7) is 2.03. The molecule has 4 rings (SSSR count). The lowest BCUT2D eigenvalue weighted by Gasteiger charge is -2.49. The molecule has 1 atom stereocenters. The Morgan fingerprint density at radius 1 is 1.15 bits per heavy atom. The number of carbonyl (C=O) groups excluding carboxylic acids is 2. The number of carbonyl (C=O) groups is 2. The van der Waals surface area contributed by atoms with Crippen molar-refractivity contribution >= 4 is 11.8 Å². The summed E-state index contributed by atoms with van der Waals surface area (Å²) in [7, 11) is 0. The van der Waals surface area contributed by atoms with Crippen molar-refractivity contribution in [3.8, 4) is 0 Å². The second kappa shape index (κ2) is 6.85. The third kappa shape index (κ3) is 3.15. The Labute approximate surface area is 152 Å². The van der Waals surface area contributed by atoms with Crippen molar-refractivity contribution in [1.82, 2.24) is 19.8 Å². The predicted octanol–water partition coefficient (Wildman–Crippen LogP) is 1.56. The fourth-order valence-corrected chi connectivity index (χ4v) is 4.97. The molecule has 7 heteroatoms. The summed E-state index contributed by atoms with van der Waals surface area (Å²) < 4.78 is 0. The summed E-state index contributed by atoms with van der Waals surface area (Å²) >= 11 is 0. The highest BCUT2D eigenvalue weighted by molar-refractivity contribution is 5.93. The van der Waals surface area contributed by atoms with Crippen molar-refractivity contribution in [3.05, 3.63) is 28.4 Å². The lowest BCUT2D eigenvalue weighted by molar-refractivity contribution is -0.142. The van der Waals surface area contributed by atoms with Gasteiger partial charge in [-0.2, -0.15) is 0 Å². The van der Waals surface area contributed by atoms with Crippen molar-refractivity contribution < 1.29 is 9.59 Å². The third-order valence-corrected chi connectivity index (χ3v) is 6.36. The van der Waals surface area contributed by atoms with Crippen LogP contribution in [0.5, 0.6) is 0 Å². The number of H-pyrrole nitrogens is 1. The number of amides is 2. The van der Waals surface area contributed by atoms with E-state index in [0.717, 1.165) is 38.6 Å². The molecule has 0 bridgehead atoms. The van der Waals surface area contributed by atoms with Gasteiger partial charge in [-0.1, -0.05) is 12.8 Å². The van der Waals surface area contributed by atoms with Gasteiger partial charge >= 0.3 is 0 Å². The zero-order valence-electron chi connectivity index (χ0n) is 15.1. The minimum absolute atomic E-state index is 0.0284. The zero-order valence-corrected chi connectivity index (χ0v) is 15.1. The molecule has 7 nitrogen and oxygen atoms in total. The van der Waals surface area contributed by atoms with Gasteiger partial charge in [0.1, 0.15) is 5.56 Å². The first-order valence-corrected chi connectivity index (χ1v) is 9.69. The Morgan fingerprint density at radius 3 is 2.73 bits per heavy atom. The Bertz CT molecular complexity index is 755. The average molecular weight is 358 g/mol. The van der Waals surface area contributed by atoms with Gasteiger partial charge in [0.15, 0.2) is 0 Å². The molecule has 3 heterocycles. The number of nitrogens with one attached hydrogen (secondary N) is 1. The van der Waals surface area contributed by atoms with Crippen LogP contribution in [0.4, 0.5) is 0 Å². The first kappa shape index (κ1) is 17.2. The summed E-state index contributed by atoms with van der Waals surface area (Å²) in [6, 6.07) is 0.381. The molecule has 1 aromatic heterocycles. The maximum Gasteiger partial charge on any atom is 0.263 e. The molecule has 1 aliphatic carbocycles. The monoisotopic (exact) mass is 358 g/mol. The first-order chi connectivity index (χ1) is 12.6. The maximum atomic E-state index is 12.8. The Morgan fingerprint density at radius 2 is 1.96 bits per heavy atom. The normalized spacial score (nSPS) is 27.3. The summed E-state index contributed by atoms with van der Waals surface area (Å²) in [6.07, 6.45) is 10.6. The van der Waals surface area contributed by atoms with E-state index in [9.17, 15) is 14.4 Å². The van der Waals surface area contributed by atoms with Crippen LogP contribution in [0.3, 0.4) is 0 Å². The van der Waals surface area contributed by atoms with E-state index in [1.807, 2.05) is 0 Å². The van der Waals surface area contributed by atoms with E-state index in [-0.39, 0.29) is 22.8 Å². The molecule has 26 heavy (non-hydrogen) atoms. The van der Waals surface area contributed by atoms with Crippen molar-refractivity contribution in [2.75, 3.05) is 19.6 Å². The molecule has 0 unspecified atom stereocenters. The molecule has 2 aliphatic heterocycles. The molecule has 3 fully saturated rings. The molecule has 2 amide bonds. The molecule has 3 aliphatic rings. The van der Waals surface area contributed by atoms with E-state index in [1.54, 1.807) is 4.90 Å². The Hall–Kier alpha value is -2.18. The van der Waals surface area contributed by atoms with Gasteiger partial charge in [0.25, 0.3) is 11.5 Å². The number of rotatable bonds is 2. The van der Waals surface area contributed by atoms with Crippen LogP contribution >= 0.6 is 0 Å². The first-order valence-electron chi connectivity index (χ1n) is 9.69. The second-order valence-corrected chi connectivity index (χ2v) is 8.08. The van der Waals surface area contributed by atoms with Crippen LogP contribution in [0.15, 0.2) is 17.3 Å². The van der Waals surface area contributed by atoms with Crippen LogP contribution in [0.25, 0.3) is 0 Å². The van der Waals surface area contributed by atoms with Crippen molar-refractivity contribution in [2.45, 2.75) is 57.4 Å². The molecule has 2 saturated heterocycles. The largest absolute Gasteiger partial charge is 0.339 e. The summed E-state index contributed by atoms with van der Waals surface area (Å²) in [5.41, 5.74) is -0.320. The molecular formula is C19H26N4O3. The van der Waals surface area contributed by atoms with E-state index in [2.05, 4.69) is 14.9 Å². The summed E-state index contributed by atoms with van der Waals surface area (Å²) in [5, 5.41) is 0. The van der Waals surface area contributed by atoms with E-state index >= 15 is 0 Å². The minimum atomic E-state index is -0.393. The molecule has 1 spiro atoms. The van der Waals surface area contributed by atoms with Gasteiger partial charge in [-0.05, 0) is 32.1 Å². The number of hydrogen-bond acceptors (Lipinski definition) is 4. The van der Waals surface area contributed by atoms with Gasteiger partial charge in [0.05, 0.1) is 6.33 Å². The van der Waals surface area contributed by atoms with Gasteiger partial charge in [-0.15, -0.1) is 0 Å². The van der Waals surface area contributed by atoms with E-state index in [0.29, 0.717) is 25.6 Å². The number of hydrogen-bond donors (Lipinski definition) is 1. The van der Waals surface area contributed by atoms with E-state index in [1.165, 1.54) is 25.4 Å². The van der Waals surface area contributed by atoms with Crippen LogP contribution in [0.1, 0.15) is 61.7 Å². The second-order valence-electron chi connectivity index (χ2n) is 8.08. The lowest BCUT2D eigenvalue weighted by Crippen LogP contribution is -2.57. The zero-order chi connectivity index (χ0) is 18.1. The van der Waals surface area contributed by atoms with Crippen molar-refractivity contribution in [1.29, 1.82) is 0 Å². The average Bonchev–Trinajstić information content (AvgIpc) is 3.19. The Kier molecular flexibility index (Phi) is 4.54. The number of aromatic nitrogens is 2. The van der Waals surface area contributed by atoms with Gasteiger partial charge in [-0.25, -0.2) is 4.98 Å². The highest BCUT2D eigenvalue weighted by atomic mass is 16.2. The fourth-order valence-electron chi connectivity index (χ4n) is 4.97. The summed E-state index contributed by atoms with van der Waals surface area (Å²) in [5.74, 6) is 0.0254. The predicted molar refractivity (Wildman–Crippen MR) is 95.6 cm³/mol. The van der Waals surface area contributed by atoms with Crippen LogP contribution in [0.2, 0.25) is 0 Å². The number of likely N-dealkylation sites (tertiary alicyclic amines) is 2. The molecule has 1 saturated carbocycles. The van der Waals surface area contributed by atoms with Crippen LogP contribution in [-0.4, -0.2) is 57.3 Å². The number of aromatic amines is 1. The quantitative estimate of drug-likeness (QED) is 0.869. The maximum absolute atomic E-state index is 12.8. The highest BCUT2D eigenvalue weighted by Crippen LogP contribution is 2.41. The molecular weight excluding hydrogens is 332 g/mol. The van der Waals surface area contributed by atoms with Gasteiger partial charge in [0.2, 0.25) is 5.91 Å². The molecule has 0 radical (unpaired) electrons. The highest BCUT2D eigenvalue weighted by Gasteiger charge is 2.44. The lowest BCUT2D eigenvalue weighted by atomic mass is 9.73. The van der Waals surface area contributed by atoms with Gasteiger partial charge in [0, 0.05) is 43.7 Å². The number of piperidine rings is 2. The fraction of sp³-hybridized carbons (Fsp3) is 0.684. The molecule has 1 aromatic rings. The topological polar surface area (TPSA) is 86.4 Å². The van der Waals surface area contributed by atoms with Crippen LogP contribution in [-0.2, 0) is 4.79 Å².